The van der Waals surface area contributed by atoms with Crippen LogP contribution in [-0.2, 0) is 0 Å². The Morgan fingerprint density at radius 2 is 1.72 bits per heavy atom. The Morgan fingerprint density at radius 3 is 2.22 bits per heavy atom. The fraction of sp³-hybridized carbons (Fsp3) is 0.500. The van der Waals surface area contributed by atoms with Gasteiger partial charge in [-0.05, 0) is 42.9 Å². The third kappa shape index (κ3) is 4.66. The molecule has 0 aliphatic carbocycles. The first kappa shape index (κ1) is 15.6. The van der Waals surface area contributed by atoms with E-state index in [1.807, 2.05) is 13.0 Å². The third-order valence-corrected chi connectivity index (χ3v) is 4.01. The lowest BCUT2D eigenvalue weighted by Gasteiger charge is -2.10. The molecule has 0 heterocycles. The Labute approximate surface area is 121 Å². The summed E-state index contributed by atoms with van der Waals surface area (Å²) < 4.78 is 0. The molecule has 1 rings (SSSR count). The maximum absolute atomic E-state index is 6.09. The summed E-state index contributed by atoms with van der Waals surface area (Å²) >= 11 is 12.1. The van der Waals surface area contributed by atoms with Crippen molar-refractivity contribution in [1.82, 2.24) is 0 Å². The highest BCUT2D eigenvalue weighted by atomic mass is 35.5. The summed E-state index contributed by atoms with van der Waals surface area (Å²) in [6.45, 7) is 6.46. The Morgan fingerprint density at radius 1 is 1.11 bits per heavy atom. The second-order valence-corrected chi connectivity index (χ2v) is 5.62. The molecule has 0 saturated carbocycles. The van der Waals surface area contributed by atoms with Gasteiger partial charge in [0.15, 0.2) is 0 Å². The molecule has 18 heavy (non-hydrogen) atoms. The molecule has 0 nitrogen and oxygen atoms in total. The molecule has 1 aromatic rings. The zero-order valence-electron chi connectivity index (χ0n) is 11.5. The van der Waals surface area contributed by atoms with Crippen molar-refractivity contribution in [2.45, 2.75) is 46.5 Å². The van der Waals surface area contributed by atoms with Crippen molar-refractivity contribution in [2.24, 2.45) is 5.92 Å². The van der Waals surface area contributed by atoms with Crippen LogP contribution in [0.2, 0.25) is 10.0 Å². The monoisotopic (exact) mass is 284 g/mol. The number of hydrogen-bond acceptors (Lipinski definition) is 0. The van der Waals surface area contributed by atoms with E-state index in [0.29, 0.717) is 16.0 Å². The van der Waals surface area contributed by atoms with Crippen LogP contribution >= 0.6 is 23.2 Å². The number of halogens is 2. The molecular weight excluding hydrogens is 263 g/mol. The lowest BCUT2D eigenvalue weighted by atomic mass is 9.97. The summed E-state index contributed by atoms with van der Waals surface area (Å²) in [4.78, 5) is 0. The summed E-state index contributed by atoms with van der Waals surface area (Å²) in [5.74, 6) is 0.676. The third-order valence-electron chi connectivity index (χ3n) is 3.11. The van der Waals surface area contributed by atoms with E-state index in [1.54, 1.807) is 0 Å². The van der Waals surface area contributed by atoms with Crippen LogP contribution in [0.4, 0.5) is 0 Å². The van der Waals surface area contributed by atoms with Crippen molar-refractivity contribution in [3.8, 4) is 0 Å². The maximum Gasteiger partial charge on any atom is 0.0621 e. The largest absolute Gasteiger partial charge is 0.0827 e. The highest BCUT2D eigenvalue weighted by Gasteiger charge is 2.04. The molecule has 0 atom stereocenters. The van der Waals surface area contributed by atoms with Crippen molar-refractivity contribution in [2.75, 3.05) is 0 Å². The first-order valence-corrected chi connectivity index (χ1v) is 7.47. The molecule has 1 aromatic carbocycles. The van der Waals surface area contributed by atoms with Crippen molar-refractivity contribution >= 4 is 29.3 Å². The van der Waals surface area contributed by atoms with Gasteiger partial charge in [-0.15, -0.1) is 0 Å². The number of hydrogen-bond donors (Lipinski definition) is 0. The van der Waals surface area contributed by atoms with Gasteiger partial charge < -0.3 is 0 Å². The topological polar surface area (TPSA) is 0 Å². The van der Waals surface area contributed by atoms with Gasteiger partial charge in [-0.1, -0.05) is 68.1 Å². The van der Waals surface area contributed by atoms with Gasteiger partial charge in [0.1, 0.15) is 0 Å². The molecule has 0 aliphatic rings. The summed E-state index contributed by atoms with van der Waals surface area (Å²) in [5.41, 5.74) is 2.17. The minimum absolute atomic E-state index is 0.638. The van der Waals surface area contributed by atoms with Gasteiger partial charge in [0.2, 0.25) is 0 Å². The highest BCUT2D eigenvalue weighted by molar-refractivity contribution is 6.42. The number of allylic oxidation sites excluding steroid dienone is 1. The second kappa shape index (κ2) is 7.86. The van der Waals surface area contributed by atoms with E-state index in [1.165, 1.54) is 25.7 Å². The fourth-order valence-corrected chi connectivity index (χ4v) is 2.56. The molecule has 0 amide bonds. The Balaban J connectivity index is 2.82. The highest BCUT2D eigenvalue weighted by Crippen LogP contribution is 2.28. The Hall–Kier alpha value is -0.460. The first-order valence-electron chi connectivity index (χ1n) is 6.72. The van der Waals surface area contributed by atoms with Gasteiger partial charge in [-0.2, -0.15) is 0 Å². The van der Waals surface area contributed by atoms with E-state index < -0.39 is 0 Å². The zero-order chi connectivity index (χ0) is 13.5. The standard InChI is InChI=1S/C16H22Cl2/c1-4-6-13(7-5-2)8-9-14-10-12(3)16(18)15(17)11-14/h8-11,13H,4-7H2,1-3H3/b9-8+. The van der Waals surface area contributed by atoms with E-state index in [9.17, 15) is 0 Å². The molecule has 0 unspecified atom stereocenters. The maximum atomic E-state index is 6.09. The van der Waals surface area contributed by atoms with E-state index in [-0.39, 0.29) is 0 Å². The molecule has 2 heteroatoms. The van der Waals surface area contributed by atoms with Crippen LogP contribution in [0.15, 0.2) is 18.2 Å². The van der Waals surface area contributed by atoms with Crippen LogP contribution in [0.5, 0.6) is 0 Å². The number of aryl methyl sites for hydroxylation is 1. The van der Waals surface area contributed by atoms with Gasteiger partial charge in [0.05, 0.1) is 10.0 Å². The fourth-order valence-electron chi connectivity index (χ4n) is 2.17. The smallest absolute Gasteiger partial charge is 0.0621 e. The van der Waals surface area contributed by atoms with E-state index in [2.05, 4.69) is 32.1 Å². The zero-order valence-corrected chi connectivity index (χ0v) is 13.0. The first-order chi connectivity index (χ1) is 8.58. The molecule has 100 valence electrons. The normalized spacial score (nSPS) is 11.7. The van der Waals surface area contributed by atoms with E-state index >= 15 is 0 Å². The predicted octanol–water partition coefficient (Wildman–Crippen LogP) is 6.53. The van der Waals surface area contributed by atoms with Gasteiger partial charge in [0, 0.05) is 0 Å². The van der Waals surface area contributed by atoms with Crippen LogP contribution in [0.25, 0.3) is 6.08 Å². The average molecular weight is 285 g/mol. The SMILES string of the molecule is CCCC(/C=C/c1cc(C)c(Cl)c(Cl)c1)CCC. The van der Waals surface area contributed by atoms with Gasteiger partial charge in [-0.25, -0.2) is 0 Å². The summed E-state index contributed by atoms with van der Waals surface area (Å²) in [6, 6.07) is 4.02. The van der Waals surface area contributed by atoms with Crippen LogP contribution < -0.4 is 0 Å². The Kier molecular flexibility index (Phi) is 6.81. The van der Waals surface area contributed by atoms with Crippen LogP contribution in [-0.4, -0.2) is 0 Å². The van der Waals surface area contributed by atoms with Crippen molar-refractivity contribution < 1.29 is 0 Å². The van der Waals surface area contributed by atoms with Gasteiger partial charge in [0.25, 0.3) is 0 Å². The van der Waals surface area contributed by atoms with Gasteiger partial charge in [-0.3, -0.25) is 0 Å². The van der Waals surface area contributed by atoms with Crippen LogP contribution in [0.1, 0.15) is 50.7 Å². The molecule has 0 fully saturated rings. The minimum atomic E-state index is 0.638. The Bertz CT molecular complexity index is 379. The quantitative estimate of drug-likeness (QED) is 0.557. The predicted molar refractivity (Wildman–Crippen MR) is 83.5 cm³/mol. The van der Waals surface area contributed by atoms with Crippen molar-refractivity contribution in [3.05, 3.63) is 39.4 Å². The lowest BCUT2D eigenvalue weighted by molar-refractivity contribution is 0.531. The molecule has 0 radical (unpaired) electrons. The molecule has 0 aliphatic heterocycles. The molecule has 0 bridgehead atoms. The number of benzene rings is 1. The second-order valence-electron chi connectivity index (χ2n) is 4.83. The van der Waals surface area contributed by atoms with E-state index in [4.69, 9.17) is 23.2 Å². The summed E-state index contributed by atoms with van der Waals surface area (Å²) in [6.07, 6.45) is 9.46. The van der Waals surface area contributed by atoms with Crippen LogP contribution in [0, 0.1) is 12.8 Å². The van der Waals surface area contributed by atoms with Gasteiger partial charge >= 0.3 is 0 Å². The lowest BCUT2D eigenvalue weighted by Crippen LogP contribution is -1.94. The average Bonchev–Trinajstić information content (AvgIpc) is 2.33. The van der Waals surface area contributed by atoms with Crippen molar-refractivity contribution in [3.63, 3.8) is 0 Å². The molecule has 0 aromatic heterocycles. The summed E-state index contributed by atoms with van der Waals surface area (Å²) in [5, 5.41) is 1.30. The molecule has 0 spiro atoms. The minimum Gasteiger partial charge on any atom is -0.0827 e. The molecule has 0 N–H and O–H groups in total. The summed E-state index contributed by atoms with van der Waals surface area (Å²) in [7, 11) is 0. The van der Waals surface area contributed by atoms with Crippen LogP contribution in [0.3, 0.4) is 0 Å². The van der Waals surface area contributed by atoms with E-state index in [0.717, 1.165) is 11.1 Å². The van der Waals surface area contributed by atoms with Crippen molar-refractivity contribution in [1.29, 1.82) is 0 Å². The number of rotatable bonds is 6. The molecular formula is C16H22Cl2. The molecule has 0 saturated heterocycles.